The molecule has 0 radical (unpaired) electrons. The first kappa shape index (κ1) is 15.6. The summed E-state index contributed by atoms with van der Waals surface area (Å²) in [4.78, 5) is 11.2. The lowest BCUT2D eigenvalue weighted by molar-refractivity contribution is 0.415. The predicted octanol–water partition coefficient (Wildman–Crippen LogP) is 4.81. The Morgan fingerprint density at radius 2 is 1.96 bits per heavy atom. The van der Waals surface area contributed by atoms with Crippen LogP contribution in [-0.2, 0) is 6.42 Å². The maximum atomic E-state index is 5.95. The first-order valence-electron chi connectivity index (χ1n) is 7.81. The van der Waals surface area contributed by atoms with E-state index >= 15 is 0 Å². The number of hydrogen-bond acceptors (Lipinski definition) is 3. The number of nitrogens with one attached hydrogen (secondary N) is 2. The summed E-state index contributed by atoms with van der Waals surface area (Å²) in [6, 6.07) is 12.0. The summed E-state index contributed by atoms with van der Waals surface area (Å²) in [7, 11) is 1.67. The van der Waals surface area contributed by atoms with Crippen molar-refractivity contribution >= 4 is 45.3 Å². The molecule has 0 atom stereocenters. The van der Waals surface area contributed by atoms with E-state index in [0.717, 1.165) is 50.1 Å². The molecule has 5 nitrogen and oxygen atoms in total. The molecule has 25 heavy (non-hydrogen) atoms. The highest BCUT2D eigenvalue weighted by Crippen LogP contribution is 2.28. The van der Waals surface area contributed by atoms with Crippen molar-refractivity contribution < 1.29 is 9.15 Å². The van der Waals surface area contributed by atoms with E-state index in [1.807, 2.05) is 42.7 Å². The normalized spacial score (nSPS) is 11.2. The van der Waals surface area contributed by atoms with Crippen LogP contribution in [0.4, 0.5) is 0 Å². The smallest absolute Gasteiger partial charge is 0.200 e. The zero-order chi connectivity index (χ0) is 16.1. The second-order valence-corrected chi connectivity index (χ2v) is 5.86. The van der Waals surface area contributed by atoms with Crippen molar-refractivity contribution in [2.45, 2.75) is 6.42 Å². The van der Waals surface area contributed by atoms with Crippen LogP contribution in [0.25, 0.3) is 32.9 Å². The summed E-state index contributed by atoms with van der Waals surface area (Å²) >= 11 is 0. The maximum Gasteiger partial charge on any atom is 0.200 e. The standard InChI is InChI=1S/C19H15N3O2.ClH/c1-23-12-2-3-13-11(10-21-16(13)9-12)8-18-22-19-14-6-7-20-15(14)4-5-17(19)24-18;/h2-7,9-10,20-21H,8H2,1H3;1H. The quantitative estimate of drug-likeness (QED) is 0.489. The van der Waals surface area contributed by atoms with Gasteiger partial charge in [-0.1, -0.05) is 0 Å². The number of H-pyrrole nitrogens is 2. The van der Waals surface area contributed by atoms with Crippen molar-refractivity contribution in [3.8, 4) is 5.75 Å². The number of fused-ring (bicyclic) bond motifs is 4. The molecule has 2 N–H and O–H groups in total. The minimum absolute atomic E-state index is 0. The number of aromatic amines is 2. The van der Waals surface area contributed by atoms with Gasteiger partial charge < -0.3 is 19.1 Å². The first-order valence-corrected chi connectivity index (χ1v) is 7.81. The highest BCUT2D eigenvalue weighted by Gasteiger charge is 2.13. The van der Waals surface area contributed by atoms with Gasteiger partial charge in [0.15, 0.2) is 11.5 Å². The van der Waals surface area contributed by atoms with Crippen LogP contribution >= 0.6 is 12.4 Å². The fraction of sp³-hybridized carbons (Fsp3) is 0.105. The number of methoxy groups -OCH3 is 1. The fourth-order valence-corrected chi connectivity index (χ4v) is 3.25. The van der Waals surface area contributed by atoms with Gasteiger partial charge in [-0.05, 0) is 35.9 Å². The van der Waals surface area contributed by atoms with Crippen LogP contribution in [0.2, 0.25) is 0 Å². The Bertz CT molecular complexity index is 1190. The van der Waals surface area contributed by atoms with Crippen LogP contribution in [0.3, 0.4) is 0 Å². The van der Waals surface area contributed by atoms with E-state index in [1.165, 1.54) is 0 Å². The number of ether oxygens (including phenoxy) is 1. The maximum absolute atomic E-state index is 5.95. The van der Waals surface area contributed by atoms with Crippen molar-refractivity contribution in [1.82, 2.24) is 15.0 Å². The molecule has 0 aliphatic rings. The van der Waals surface area contributed by atoms with E-state index in [2.05, 4.69) is 16.0 Å². The molecule has 0 saturated carbocycles. The summed E-state index contributed by atoms with van der Waals surface area (Å²) in [5, 5.41) is 2.25. The lowest BCUT2D eigenvalue weighted by Crippen LogP contribution is -1.87. The lowest BCUT2D eigenvalue weighted by Gasteiger charge is -1.99. The van der Waals surface area contributed by atoms with Crippen molar-refractivity contribution in [3.05, 3.63) is 60.2 Å². The molecule has 3 aromatic heterocycles. The highest BCUT2D eigenvalue weighted by molar-refractivity contribution is 6.02. The molecule has 0 unspecified atom stereocenters. The average molecular weight is 354 g/mol. The summed E-state index contributed by atoms with van der Waals surface area (Å²) in [6.07, 6.45) is 4.57. The fourth-order valence-electron chi connectivity index (χ4n) is 3.25. The van der Waals surface area contributed by atoms with Gasteiger partial charge in [-0.25, -0.2) is 4.98 Å². The number of halogens is 1. The van der Waals surface area contributed by atoms with Crippen LogP contribution in [0.5, 0.6) is 5.75 Å². The molecule has 0 spiro atoms. The summed E-state index contributed by atoms with van der Waals surface area (Å²) < 4.78 is 11.2. The van der Waals surface area contributed by atoms with Gasteiger partial charge in [-0.15, -0.1) is 12.4 Å². The van der Waals surface area contributed by atoms with Crippen LogP contribution in [0.1, 0.15) is 11.5 Å². The molecule has 0 amide bonds. The van der Waals surface area contributed by atoms with Crippen molar-refractivity contribution in [2.75, 3.05) is 7.11 Å². The van der Waals surface area contributed by atoms with E-state index in [9.17, 15) is 0 Å². The topological polar surface area (TPSA) is 66.8 Å². The van der Waals surface area contributed by atoms with E-state index in [-0.39, 0.29) is 12.4 Å². The van der Waals surface area contributed by atoms with Crippen molar-refractivity contribution in [3.63, 3.8) is 0 Å². The van der Waals surface area contributed by atoms with E-state index < -0.39 is 0 Å². The van der Waals surface area contributed by atoms with Crippen LogP contribution in [-0.4, -0.2) is 22.1 Å². The second kappa shape index (κ2) is 5.86. The Morgan fingerprint density at radius 3 is 2.84 bits per heavy atom. The van der Waals surface area contributed by atoms with Crippen LogP contribution < -0.4 is 4.74 Å². The summed E-state index contributed by atoms with van der Waals surface area (Å²) in [6.45, 7) is 0. The molecular formula is C19H16ClN3O2. The van der Waals surface area contributed by atoms with Crippen LogP contribution in [0.15, 0.2) is 53.2 Å². The van der Waals surface area contributed by atoms with Gasteiger partial charge in [0.05, 0.1) is 13.5 Å². The SMILES string of the molecule is COc1ccc2c(Cc3nc4c(ccc5[nH]ccc54)o3)c[nH]c2c1.Cl. The van der Waals surface area contributed by atoms with Crippen molar-refractivity contribution in [1.29, 1.82) is 0 Å². The Balaban J connectivity index is 0.00000157. The monoisotopic (exact) mass is 353 g/mol. The van der Waals surface area contributed by atoms with Gasteiger partial charge in [0.25, 0.3) is 0 Å². The molecule has 6 heteroatoms. The van der Waals surface area contributed by atoms with Crippen LogP contribution in [0, 0.1) is 0 Å². The van der Waals surface area contributed by atoms with Crippen molar-refractivity contribution in [2.24, 2.45) is 0 Å². The van der Waals surface area contributed by atoms with Gasteiger partial charge in [-0.2, -0.15) is 0 Å². The number of nitrogens with zero attached hydrogens (tertiary/aromatic N) is 1. The van der Waals surface area contributed by atoms with E-state index in [1.54, 1.807) is 7.11 Å². The molecule has 0 aliphatic heterocycles. The molecule has 126 valence electrons. The number of aromatic nitrogens is 3. The zero-order valence-electron chi connectivity index (χ0n) is 13.5. The second-order valence-electron chi connectivity index (χ2n) is 5.86. The Labute approximate surface area is 149 Å². The molecule has 0 saturated heterocycles. The molecular weight excluding hydrogens is 338 g/mol. The molecule has 3 heterocycles. The Hall–Kier alpha value is -2.92. The largest absolute Gasteiger partial charge is 0.497 e. The third kappa shape index (κ3) is 2.44. The molecule has 5 rings (SSSR count). The molecule has 0 bridgehead atoms. The van der Waals surface area contributed by atoms with E-state index in [0.29, 0.717) is 6.42 Å². The third-order valence-electron chi connectivity index (χ3n) is 4.45. The number of benzene rings is 2. The predicted molar refractivity (Wildman–Crippen MR) is 101 cm³/mol. The van der Waals surface area contributed by atoms with Gasteiger partial charge in [0.1, 0.15) is 11.3 Å². The molecule has 5 aromatic rings. The van der Waals surface area contributed by atoms with E-state index in [4.69, 9.17) is 14.1 Å². The summed E-state index contributed by atoms with van der Waals surface area (Å²) in [5.41, 5.74) is 5.00. The van der Waals surface area contributed by atoms with Gasteiger partial charge in [-0.3, -0.25) is 0 Å². The Kier molecular flexibility index (Phi) is 3.66. The first-order chi connectivity index (χ1) is 11.8. The highest BCUT2D eigenvalue weighted by atomic mass is 35.5. The minimum atomic E-state index is 0. The zero-order valence-corrected chi connectivity index (χ0v) is 14.3. The minimum Gasteiger partial charge on any atom is -0.497 e. The summed E-state index contributed by atoms with van der Waals surface area (Å²) in [5.74, 6) is 1.56. The lowest BCUT2D eigenvalue weighted by atomic mass is 10.1. The Morgan fingerprint density at radius 1 is 1.04 bits per heavy atom. The van der Waals surface area contributed by atoms with Gasteiger partial charge >= 0.3 is 0 Å². The number of hydrogen-bond donors (Lipinski definition) is 2. The van der Waals surface area contributed by atoms with Gasteiger partial charge in [0, 0.05) is 40.3 Å². The number of rotatable bonds is 3. The average Bonchev–Trinajstić information content (AvgIpc) is 3.31. The number of oxazole rings is 1. The third-order valence-corrected chi connectivity index (χ3v) is 4.45. The molecule has 0 fully saturated rings. The molecule has 2 aromatic carbocycles. The van der Waals surface area contributed by atoms with Gasteiger partial charge in [0.2, 0.25) is 0 Å². The molecule has 0 aliphatic carbocycles.